The lowest BCUT2D eigenvalue weighted by Crippen LogP contribution is -2.37. The average Bonchev–Trinajstić information content (AvgIpc) is 3.13. The molecule has 1 aromatic carbocycles. The van der Waals surface area contributed by atoms with Gasteiger partial charge in [-0.25, -0.2) is 9.97 Å². The van der Waals surface area contributed by atoms with Crippen LogP contribution in [0.4, 0.5) is 24.8 Å². The van der Waals surface area contributed by atoms with Crippen LogP contribution in [0.3, 0.4) is 0 Å². The number of imidazole rings is 1. The largest absolute Gasteiger partial charge is 0.416 e. The number of nitrogens with zero attached hydrogens (tertiary/aromatic N) is 4. The summed E-state index contributed by atoms with van der Waals surface area (Å²) in [7, 11) is 0. The Bertz CT molecular complexity index is 983. The van der Waals surface area contributed by atoms with Crippen molar-refractivity contribution in [1.82, 2.24) is 14.4 Å². The Balaban J connectivity index is 1.90. The summed E-state index contributed by atoms with van der Waals surface area (Å²) in [6, 6.07) is 3.54. The van der Waals surface area contributed by atoms with Gasteiger partial charge in [-0.05, 0) is 24.6 Å². The van der Waals surface area contributed by atoms with E-state index in [1.165, 1.54) is 6.07 Å². The third kappa shape index (κ3) is 3.45. The van der Waals surface area contributed by atoms with E-state index in [9.17, 15) is 13.2 Å². The van der Waals surface area contributed by atoms with Gasteiger partial charge in [-0.2, -0.15) is 13.2 Å². The summed E-state index contributed by atoms with van der Waals surface area (Å²) in [6.07, 6.45) is -2.25. The topological polar surface area (TPSA) is 74.9 Å². The second-order valence-corrected chi connectivity index (χ2v) is 6.54. The van der Waals surface area contributed by atoms with Crippen LogP contribution in [0.5, 0.6) is 0 Å². The number of hydrogen-bond acceptors (Lipinski definition) is 6. The first-order valence-corrected chi connectivity index (χ1v) is 9.05. The van der Waals surface area contributed by atoms with E-state index in [0.29, 0.717) is 56.3 Å². The van der Waals surface area contributed by atoms with Crippen LogP contribution in [0.25, 0.3) is 16.7 Å². The molecule has 28 heavy (non-hydrogen) atoms. The van der Waals surface area contributed by atoms with Gasteiger partial charge in [0.1, 0.15) is 5.82 Å². The Morgan fingerprint density at radius 3 is 2.71 bits per heavy atom. The van der Waals surface area contributed by atoms with Gasteiger partial charge in [0.25, 0.3) is 0 Å². The van der Waals surface area contributed by atoms with Crippen molar-refractivity contribution in [2.75, 3.05) is 49.7 Å². The van der Waals surface area contributed by atoms with Crippen molar-refractivity contribution in [2.24, 2.45) is 0 Å². The zero-order chi connectivity index (χ0) is 19.7. The molecule has 1 fully saturated rings. The van der Waals surface area contributed by atoms with E-state index in [2.05, 4.69) is 20.2 Å². The first-order chi connectivity index (χ1) is 13.5. The molecule has 2 N–H and O–H groups in total. The van der Waals surface area contributed by atoms with Crippen LogP contribution in [0, 0.1) is 0 Å². The summed E-state index contributed by atoms with van der Waals surface area (Å²) in [5.41, 5.74) is 0.559. The van der Waals surface area contributed by atoms with Gasteiger partial charge in [-0.1, -0.05) is 0 Å². The van der Waals surface area contributed by atoms with E-state index in [0.717, 1.165) is 18.0 Å². The fraction of sp³-hybridized carbons (Fsp3) is 0.444. The molecule has 7 nitrogen and oxygen atoms in total. The molecule has 0 saturated carbocycles. The monoisotopic (exact) mass is 395 g/mol. The molecule has 4 rings (SSSR count). The summed E-state index contributed by atoms with van der Waals surface area (Å²) in [4.78, 5) is 10.9. The standard InChI is InChI=1S/C18H20F3N5O2/c19-18(20,21)12-2-3-14-13(10-12)24-16(22-4-1-7-27)17-23-11-15(26(14)17)25-5-8-28-9-6-25/h2-3,10-11,27H,1,4-9H2,(H,22,24). The molecule has 0 aliphatic carbocycles. The van der Waals surface area contributed by atoms with Gasteiger partial charge in [-0.15, -0.1) is 0 Å². The molecule has 10 heteroatoms. The van der Waals surface area contributed by atoms with Gasteiger partial charge in [0.05, 0.1) is 36.0 Å². The van der Waals surface area contributed by atoms with Crippen molar-refractivity contribution in [3.05, 3.63) is 30.0 Å². The van der Waals surface area contributed by atoms with Crippen LogP contribution in [0.1, 0.15) is 12.0 Å². The number of hydrogen-bond donors (Lipinski definition) is 2. The normalized spacial score (nSPS) is 15.5. The molecular weight excluding hydrogens is 375 g/mol. The predicted octanol–water partition coefficient (Wildman–Crippen LogP) is 2.53. The molecule has 1 aliphatic rings. The fourth-order valence-corrected chi connectivity index (χ4v) is 3.32. The Morgan fingerprint density at radius 2 is 2.00 bits per heavy atom. The van der Waals surface area contributed by atoms with E-state index in [-0.39, 0.29) is 12.1 Å². The first-order valence-electron chi connectivity index (χ1n) is 9.05. The molecule has 0 atom stereocenters. The number of nitrogens with one attached hydrogen (secondary N) is 1. The van der Waals surface area contributed by atoms with Crippen LogP contribution in [-0.2, 0) is 10.9 Å². The lowest BCUT2D eigenvalue weighted by Gasteiger charge is -2.28. The minimum atomic E-state index is -4.45. The first kappa shape index (κ1) is 18.8. The molecule has 3 heterocycles. The SMILES string of the molecule is OCCCNc1nc2cc(C(F)(F)F)ccc2n2c(N3CCOCC3)cnc12. The van der Waals surface area contributed by atoms with Crippen LogP contribution >= 0.6 is 0 Å². The highest BCUT2D eigenvalue weighted by atomic mass is 19.4. The van der Waals surface area contributed by atoms with Crippen LogP contribution in [0.15, 0.2) is 24.4 Å². The van der Waals surface area contributed by atoms with Crippen LogP contribution in [-0.4, -0.2) is 58.9 Å². The van der Waals surface area contributed by atoms with Crippen molar-refractivity contribution in [2.45, 2.75) is 12.6 Å². The Labute approximate surface area is 158 Å². The molecule has 150 valence electrons. The number of benzene rings is 1. The molecule has 0 unspecified atom stereocenters. The Kier molecular flexibility index (Phi) is 4.98. The number of rotatable bonds is 5. The number of ether oxygens (including phenoxy) is 1. The van der Waals surface area contributed by atoms with Gasteiger partial charge in [0.2, 0.25) is 0 Å². The van der Waals surface area contributed by atoms with E-state index in [1.54, 1.807) is 6.20 Å². The Hall–Kier alpha value is -2.59. The van der Waals surface area contributed by atoms with Crippen molar-refractivity contribution in [3.8, 4) is 0 Å². The van der Waals surface area contributed by atoms with E-state index in [1.807, 2.05) is 4.40 Å². The fourth-order valence-electron chi connectivity index (χ4n) is 3.32. The summed E-state index contributed by atoms with van der Waals surface area (Å²) >= 11 is 0. The summed E-state index contributed by atoms with van der Waals surface area (Å²) < 4.78 is 46.8. The predicted molar refractivity (Wildman–Crippen MR) is 98.7 cm³/mol. The zero-order valence-electron chi connectivity index (χ0n) is 15.0. The molecular formula is C18H20F3N5O2. The molecule has 3 aromatic rings. The van der Waals surface area contributed by atoms with Gasteiger partial charge in [0, 0.05) is 26.2 Å². The lowest BCUT2D eigenvalue weighted by molar-refractivity contribution is -0.137. The molecule has 0 bridgehead atoms. The minimum Gasteiger partial charge on any atom is -0.396 e. The number of aliphatic hydroxyl groups excluding tert-OH is 1. The zero-order valence-corrected chi connectivity index (χ0v) is 15.0. The van der Waals surface area contributed by atoms with Gasteiger partial charge >= 0.3 is 6.18 Å². The maximum atomic E-state index is 13.2. The minimum absolute atomic E-state index is 0.00254. The molecule has 1 aliphatic heterocycles. The van der Waals surface area contributed by atoms with E-state index >= 15 is 0 Å². The summed E-state index contributed by atoms with van der Waals surface area (Å²) in [5, 5.41) is 12.1. The van der Waals surface area contributed by atoms with Crippen molar-refractivity contribution >= 4 is 28.3 Å². The van der Waals surface area contributed by atoms with Gasteiger partial charge in [0.15, 0.2) is 11.5 Å². The lowest BCUT2D eigenvalue weighted by atomic mass is 10.2. The molecule has 1 saturated heterocycles. The Morgan fingerprint density at radius 1 is 1.21 bits per heavy atom. The number of halogens is 3. The third-order valence-electron chi connectivity index (χ3n) is 4.69. The van der Waals surface area contributed by atoms with E-state index < -0.39 is 11.7 Å². The second-order valence-electron chi connectivity index (χ2n) is 6.54. The number of alkyl halides is 3. The van der Waals surface area contributed by atoms with Crippen LogP contribution < -0.4 is 10.2 Å². The van der Waals surface area contributed by atoms with Crippen molar-refractivity contribution < 1.29 is 23.0 Å². The molecule has 0 amide bonds. The summed E-state index contributed by atoms with van der Waals surface area (Å²) in [5.74, 6) is 1.18. The van der Waals surface area contributed by atoms with Crippen molar-refractivity contribution in [1.29, 1.82) is 0 Å². The summed E-state index contributed by atoms with van der Waals surface area (Å²) in [6.45, 7) is 2.94. The highest BCUT2D eigenvalue weighted by molar-refractivity contribution is 5.85. The number of fused-ring (bicyclic) bond motifs is 3. The smallest absolute Gasteiger partial charge is 0.396 e. The maximum absolute atomic E-state index is 13.2. The van der Waals surface area contributed by atoms with Gasteiger partial charge in [-0.3, -0.25) is 4.40 Å². The average molecular weight is 395 g/mol. The number of aliphatic hydroxyl groups is 1. The van der Waals surface area contributed by atoms with Gasteiger partial charge < -0.3 is 20.1 Å². The number of aromatic nitrogens is 3. The molecule has 2 aromatic heterocycles. The third-order valence-corrected chi connectivity index (χ3v) is 4.69. The molecule has 0 radical (unpaired) electrons. The number of morpholine rings is 1. The van der Waals surface area contributed by atoms with Crippen molar-refractivity contribution in [3.63, 3.8) is 0 Å². The maximum Gasteiger partial charge on any atom is 0.416 e. The quantitative estimate of drug-likeness (QED) is 0.647. The van der Waals surface area contributed by atoms with Crippen LogP contribution in [0.2, 0.25) is 0 Å². The highest BCUT2D eigenvalue weighted by Crippen LogP contribution is 2.33. The molecule has 0 spiro atoms. The van der Waals surface area contributed by atoms with E-state index in [4.69, 9.17) is 9.84 Å². The highest BCUT2D eigenvalue weighted by Gasteiger charge is 2.31. The number of anilines is 2. The second kappa shape index (κ2) is 7.44.